The number of nitrogens with zero attached hydrogens (tertiary/aromatic N) is 1. The maximum atomic E-state index is 12.5. The van der Waals surface area contributed by atoms with E-state index in [1.165, 1.54) is 6.39 Å². The molecule has 0 bridgehead atoms. The number of hydrogen-bond acceptors (Lipinski definition) is 4. The molecule has 1 aromatic heterocycles. The Labute approximate surface area is 143 Å². The molecule has 6 nitrogen and oxygen atoms in total. The van der Waals surface area contributed by atoms with E-state index in [0.717, 1.165) is 16.8 Å². The zero-order chi connectivity index (χ0) is 17.2. The highest BCUT2D eigenvalue weighted by Gasteiger charge is 2.16. The fourth-order valence-electron chi connectivity index (χ4n) is 2.80. The summed E-state index contributed by atoms with van der Waals surface area (Å²) >= 11 is 0. The number of hydrogen-bond donors (Lipinski definition) is 2. The van der Waals surface area contributed by atoms with Crippen molar-refractivity contribution in [1.82, 2.24) is 4.98 Å². The molecule has 0 aliphatic carbocycles. The van der Waals surface area contributed by atoms with Crippen LogP contribution in [-0.4, -0.2) is 16.8 Å². The topological polar surface area (TPSA) is 84.2 Å². The fourth-order valence-corrected chi connectivity index (χ4v) is 2.80. The van der Waals surface area contributed by atoms with Crippen molar-refractivity contribution in [3.05, 3.63) is 66.2 Å². The molecule has 0 radical (unpaired) electrons. The number of fused-ring (bicyclic) bond motifs is 1. The Kier molecular flexibility index (Phi) is 3.78. The van der Waals surface area contributed by atoms with E-state index in [-0.39, 0.29) is 11.8 Å². The third kappa shape index (κ3) is 3.14. The first-order valence-corrected chi connectivity index (χ1v) is 7.92. The molecule has 0 saturated heterocycles. The van der Waals surface area contributed by atoms with Crippen molar-refractivity contribution < 1.29 is 14.0 Å². The summed E-state index contributed by atoms with van der Waals surface area (Å²) in [7, 11) is 0. The Morgan fingerprint density at radius 1 is 1.12 bits per heavy atom. The number of benzene rings is 2. The van der Waals surface area contributed by atoms with Crippen molar-refractivity contribution in [2.45, 2.75) is 12.8 Å². The van der Waals surface area contributed by atoms with Gasteiger partial charge in [0.2, 0.25) is 5.91 Å². The number of oxazole rings is 1. The predicted octanol–water partition coefficient (Wildman–Crippen LogP) is 3.48. The minimum absolute atomic E-state index is 0.0107. The number of aromatic nitrogens is 1. The third-order valence-corrected chi connectivity index (χ3v) is 4.12. The molecule has 1 aliphatic rings. The summed E-state index contributed by atoms with van der Waals surface area (Å²) in [5.41, 5.74) is 3.91. The first-order chi connectivity index (χ1) is 12.2. The summed E-state index contributed by atoms with van der Waals surface area (Å²) in [6.07, 6.45) is 4.11. The van der Waals surface area contributed by atoms with Crippen molar-refractivity contribution in [3.8, 4) is 11.3 Å². The molecule has 2 amide bonds. The van der Waals surface area contributed by atoms with Gasteiger partial charge in [0, 0.05) is 28.9 Å². The van der Waals surface area contributed by atoms with Gasteiger partial charge in [-0.1, -0.05) is 0 Å². The number of amides is 2. The lowest BCUT2D eigenvalue weighted by molar-refractivity contribution is -0.116. The number of carbonyl (C=O) groups excluding carboxylic acids is 2. The van der Waals surface area contributed by atoms with Crippen LogP contribution in [0.5, 0.6) is 0 Å². The molecule has 0 unspecified atom stereocenters. The highest BCUT2D eigenvalue weighted by molar-refractivity contribution is 6.05. The molecular formula is C19H15N3O3. The molecule has 0 fully saturated rings. The first-order valence-electron chi connectivity index (χ1n) is 7.92. The van der Waals surface area contributed by atoms with E-state index >= 15 is 0 Å². The zero-order valence-electron chi connectivity index (χ0n) is 13.3. The second kappa shape index (κ2) is 6.24. The van der Waals surface area contributed by atoms with Crippen LogP contribution >= 0.6 is 0 Å². The number of anilines is 2. The average molecular weight is 333 g/mol. The van der Waals surface area contributed by atoms with Gasteiger partial charge in [-0.3, -0.25) is 9.59 Å². The summed E-state index contributed by atoms with van der Waals surface area (Å²) in [5.74, 6) is 0.498. The lowest BCUT2D eigenvalue weighted by atomic mass is 10.00. The second-order valence-electron chi connectivity index (χ2n) is 5.82. The maximum Gasteiger partial charge on any atom is 0.255 e. The molecule has 4 rings (SSSR count). The Morgan fingerprint density at radius 3 is 2.72 bits per heavy atom. The molecule has 6 heteroatoms. The quantitative estimate of drug-likeness (QED) is 0.768. The van der Waals surface area contributed by atoms with Gasteiger partial charge in [0.05, 0.1) is 6.20 Å². The first kappa shape index (κ1) is 15.1. The summed E-state index contributed by atoms with van der Waals surface area (Å²) in [5, 5.41) is 5.68. The number of aryl methyl sites for hydroxylation is 1. The Bertz CT molecular complexity index is 931. The van der Waals surface area contributed by atoms with Gasteiger partial charge in [0.15, 0.2) is 12.2 Å². The summed E-state index contributed by atoms with van der Waals surface area (Å²) < 4.78 is 5.24. The molecule has 3 aromatic rings. The van der Waals surface area contributed by atoms with Crippen LogP contribution in [0, 0.1) is 0 Å². The van der Waals surface area contributed by atoms with Crippen LogP contribution in [0.15, 0.2) is 59.5 Å². The molecule has 1 aliphatic heterocycles. The van der Waals surface area contributed by atoms with Crippen molar-refractivity contribution in [2.24, 2.45) is 0 Å². The van der Waals surface area contributed by atoms with Crippen LogP contribution < -0.4 is 10.6 Å². The van der Waals surface area contributed by atoms with Gasteiger partial charge < -0.3 is 15.1 Å². The predicted molar refractivity (Wildman–Crippen MR) is 93.3 cm³/mol. The molecule has 0 saturated carbocycles. The van der Waals surface area contributed by atoms with Gasteiger partial charge in [-0.05, 0) is 54.4 Å². The highest BCUT2D eigenvalue weighted by atomic mass is 16.3. The van der Waals surface area contributed by atoms with Gasteiger partial charge in [-0.25, -0.2) is 4.98 Å². The molecule has 0 spiro atoms. The molecule has 25 heavy (non-hydrogen) atoms. The van der Waals surface area contributed by atoms with Crippen molar-refractivity contribution >= 4 is 23.2 Å². The van der Waals surface area contributed by atoms with E-state index in [0.29, 0.717) is 29.9 Å². The minimum atomic E-state index is -0.188. The van der Waals surface area contributed by atoms with Gasteiger partial charge in [-0.15, -0.1) is 0 Å². The van der Waals surface area contributed by atoms with Gasteiger partial charge >= 0.3 is 0 Å². The van der Waals surface area contributed by atoms with E-state index < -0.39 is 0 Å². The van der Waals surface area contributed by atoms with E-state index in [1.54, 1.807) is 18.3 Å². The van der Waals surface area contributed by atoms with Crippen LogP contribution in [-0.2, 0) is 11.2 Å². The van der Waals surface area contributed by atoms with E-state index in [9.17, 15) is 9.59 Å². The normalized spacial score (nSPS) is 13.0. The SMILES string of the molecule is O=C1CCc2cc(C(=O)Nc3ccc(-c4cnco4)cc3)ccc2N1. The Balaban J connectivity index is 1.49. The second-order valence-corrected chi connectivity index (χ2v) is 5.82. The van der Waals surface area contributed by atoms with Gasteiger partial charge in [0.25, 0.3) is 5.91 Å². The molecule has 124 valence electrons. The van der Waals surface area contributed by atoms with Gasteiger partial charge in [-0.2, -0.15) is 0 Å². The summed E-state index contributed by atoms with van der Waals surface area (Å²) in [4.78, 5) is 27.7. The minimum Gasteiger partial charge on any atom is -0.444 e. The standard InChI is InChI=1S/C19H15N3O3/c23-18-8-4-13-9-14(3-7-16(13)22-18)19(24)21-15-5-1-12(2-6-15)17-10-20-11-25-17/h1-3,5-7,9-11H,4,8H2,(H,21,24)(H,22,23). The third-order valence-electron chi connectivity index (χ3n) is 4.12. The number of carbonyl (C=O) groups is 2. The monoisotopic (exact) mass is 333 g/mol. The zero-order valence-corrected chi connectivity index (χ0v) is 13.3. The molecule has 2 aromatic carbocycles. The van der Waals surface area contributed by atoms with Crippen molar-refractivity contribution in [1.29, 1.82) is 0 Å². The van der Waals surface area contributed by atoms with E-state index in [4.69, 9.17) is 4.42 Å². The molecular weight excluding hydrogens is 318 g/mol. The largest absolute Gasteiger partial charge is 0.444 e. The summed E-state index contributed by atoms with van der Waals surface area (Å²) in [6, 6.07) is 12.7. The Morgan fingerprint density at radius 2 is 1.96 bits per heavy atom. The fraction of sp³-hybridized carbons (Fsp3) is 0.105. The molecule has 2 N–H and O–H groups in total. The maximum absolute atomic E-state index is 12.5. The van der Waals surface area contributed by atoms with Crippen LogP contribution in [0.25, 0.3) is 11.3 Å². The van der Waals surface area contributed by atoms with E-state index in [2.05, 4.69) is 15.6 Å². The highest BCUT2D eigenvalue weighted by Crippen LogP contribution is 2.25. The van der Waals surface area contributed by atoms with Crippen LogP contribution in [0.1, 0.15) is 22.3 Å². The number of rotatable bonds is 3. The van der Waals surface area contributed by atoms with Crippen LogP contribution in [0.3, 0.4) is 0 Å². The van der Waals surface area contributed by atoms with Crippen molar-refractivity contribution in [3.63, 3.8) is 0 Å². The smallest absolute Gasteiger partial charge is 0.255 e. The van der Waals surface area contributed by atoms with Crippen LogP contribution in [0.4, 0.5) is 11.4 Å². The molecule has 2 heterocycles. The Hall–Kier alpha value is -3.41. The lowest BCUT2D eigenvalue weighted by Gasteiger charge is -2.17. The van der Waals surface area contributed by atoms with Crippen LogP contribution in [0.2, 0.25) is 0 Å². The van der Waals surface area contributed by atoms with E-state index in [1.807, 2.05) is 30.3 Å². The van der Waals surface area contributed by atoms with Crippen molar-refractivity contribution in [2.75, 3.05) is 10.6 Å². The summed E-state index contributed by atoms with van der Waals surface area (Å²) in [6.45, 7) is 0. The number of nitrogens with one attached hydrogen (secondary N) is 2. The van der Waals surface area contributed by atoms with Gasteiger partial charge in [0.1, 0.15) is 0 Å². The lowest BCUT2D eigenvalue weighted by Crippen LogP contribution is -2.20. The molecule has 0 atom stereocenters. The average Bonchev–Trinajstić information content (AvgIpc) is 3.16.